The van der Waals surface area contributed by atoms with Gasteiger partial charge in [-0.2, -0.15) is 4.31 Å². The highest BCUT2D eigenvalue weighted by atomic mass is 32.2. The van der Waals surface area contributed by atoms with E-state index in [9.17, 15) is 13.2 Å². The molecule has 0 unspecified atom stereocenters. The van der Waals surface area contributed by atoms with Crippen LogP contribution in [0.5, 0.6) is 0 Å². The second-order valence-corrected chi connectivity index (χ2v) is 9.10. The Hall–Kier alpha value is -2.55. The number of rotatable bonds is 4. The molecule has 0 atom stereocenters. The summed E-state index contributed by atoms with van der Waals surface area (Å²) < 4.78 is 28.6. The minimum absolute atomic E-state index is 0.0895. The third-order valence-electron chi connectivity index (χ3n) is 5.10. The Morgan fingerprint density at radius 2 is 1.79 bits per heavy atom. The van der Waals surface area contributed by atoms with Gasteiger partial charge in [0.15, 0.2) is 0 Å². The van der Waals surface area contributed by atoms with Crippen molar-refractivity contribution in [3.05, 3.63) is 76.3 Å². The lowest BCUT2D eigenvalue weighted by atomic mass is 10.3. The standard InChI is InChI=1S/C20H22N4O3S/c1-16-7-8-19-21-17(13-20(25)24(19)14-16)15-22-9-11-23(12-10-22)28(26,27)18-5-3-2-4-6-18/h2-8,13-14H,9-12,15H2,1H3/p+1. The molecule has 1 saturated heterocycles. The van der Waals surface area contributed by atoms with Gasteiger partial charge < -0.3 is 4.90 Å². The number of benzene rings is 1. The van der Waals surface area contributed by atoms with Crippen molar-refractivity contribution in [3.63, 3.8) is 0 Å². The molecule has 1 aliphatic heterocycles. The van der Waals surface area contributed by atoms with E-state index < -0.39 is 10.0 Å². The van der Waals surface area contributed by atoms with Gasteiger partial charge in [0.2, 0.25) is 10.0 Å². The first-order valence-corrected chi connectivity index (χ1v) is 10.8. The molecule has 0 radical (unpaired) electrons. The Morgan fingerprint density at radius 1 is 1.07 bits per heavy atom. The third-order valence-corrected chi connectivity index (χ3v) is 7.02. The lowest BCUT2D eigenvalue weighted by Gasteiger charge is -2.31. The van der Waals surface area contributed by atoms with Crippen molar-refractivity contribution >= 4 is 15.7 Å². The lowest BCUT2D eigenvalue weighted by molar-refractivity contribution is -0.917. The smallest absolute Gasteiger partial charge is 0.258 e. The second kappa shape index (κ2) is 7.46. The number of nitrogens with zero attached hydrogens (tertiary/aromatic N) is 3. The number of nitrogens with one attached hydrogen (secondary N) is 1. The summed E-state index contributed by atoms with van der Waals surface area (Å²) in [6, 6.07) is 13.9. The highest BCUT2D eigenvalue weighted by molar-refractivity contribution is 7.89. The zero-order valence-electron chi connectivity index (χ0n) is 15.7. The molecule has 4 rings (SSSR count). The summed E-state index contributed by atoms with van der Waals surface area (Å²) in [7, 11) is -3.45. The molecule has 3 aromatic rings. The number of aryl methyl sites for hydroxylation is 1. The molecule has 0 spiro atoms. The summed E-state index contributed by atoms with van der Waals surface area (Å²) in [5.74, 6) is 0. The highest BCUT2D eigenvalue weighted by Gasteiger charge is 2.30. The van der Waals surface area contributed by atoms with Crippen molar-refractivity contribution in [2.75, 3.05) is 26.2 Å². The number of aromatic nitrogens is 2. The first-order valence-electron chi connectivity index (χ1n) is 9.31. The van der Waals surface area contributed by atoms with Crippen LogP contribution in [0.2, 0.25) is 0 Å². The van der Waals surface area contributed by atoms with Crippen LogP contribution in [0.1, 0.15) is 11.3 Å². The van der Waals surface area contributed by atoms with Crippen LogP contribution in [-0.2, 0) is 16.6 Å². The van der Waals surface area contributed by atoms with E-state index in [1.807, 2.05) is 25.1 Å². The number of hydrogen-bond donors (Lipinski definition) is 1. The molecule has 2 aromatic heterocycles. The summed E-state index contributed by atoms with van der Waals surface area (Å²) in [5, 5.41) is 0. The van der Waals surface area contributed by atoms with Crippen molar-refractivity contribution in [1.82, 2.24) is 13.7 Å². The molecule has 0 bridgehead atoms. The SMILES string of the molecule is Cc1ccc2nc(C[NH+]3CCN(S(=O)(=O)c4ccccc4)CC3)cc(=O)n2c1. The number of hydrogen-bond acceptors (Lipinski definition) is 4. The molecule has 1 aliphatic rings. The van der Waals surface area contributed by atoms with Crippen molar-refractivity contribution in [2.24, 2.45) is 0 Å². The minimum atomic E-state index is -3.45. The van der Waals surface area contributed by atoms with Crippen LogP contribution in [0, 0.1) is 6.92 Å². The Bertz CT molecular complexity index is 1150. The van der Waals surface area contributed by atoms with E-state index in [0.717, 1.165) is 11.3 Å². The van der Waals surface area contributed by atoms with Crippen molar-refractivity contribution < 1.29 is 13.3 Å². The number of pyridine rings is 1. The Labute approximate surface area is 163 Å². The molecule has 1 aromatic carbocycles. The Morgan fingerprint density at radius 3 is 2.50 bits per heavy atom. The molecule has 1 N–H and O–H groups in total. The van der Waals surface area contributed by atoms with Crippen LogP contribution in [0.25, 0.3) is 5.65 Å². The third kappa shape index (κ3) is 3.71. The maximum Gasteiger partial charge on any atom is 0.258 e. The van der Waals surface area contributed by atoms with Crippen molar-refractivity contribution in [1.29, 1.82) is 0 Å². The summed E-state index contributed by atoms with van der Waals surface area (Å²) >= 11 is 0. The van der Waals surface area contributed by atoms with Crippen LogP contribution in [-0.4, -0.2) is 48.3 Å². The molecule has 0 saturated carbocycles. The van der Waals surface area contributed by atoms with E-state index >= 15 is 0 Å². The first kappa shape index (κ1) is 18.8. The molecule has 28 heavy (non-hydrogen) atoms. The summed E-state index contributed by atoms with van der Waals surface area (Å²) in [6.45, 7) is 4.82. The van der Waals surface area contributed by atoms with Gasteiger partial charge in [-0.1, -0.05) is 24.3 Å². The maximum absolute atomic E-state index is 12.7. The summed E-state index contributed by atoms with van der Waals surface area (Å²) in [5.41, 5.74) is 2.29. The highest BCUT2D eigenvalue weighted by Crippen LogP contribution is 2.14. The summed E-state index contributed by atoms with van der Waals surface area (Å²) in [4.78, 5) is 18.5. The van der Waals surface area contributed by atoms with E-state index in [-0.39, 0.29) is 5.56 Å². The quantitative estimate of drug-likeness (QED) is 0.675. The largest absolute Gasteiger partial charge is 0.328 e. The van der Waals surface area contributed by atoms with Crippen molar-refractivity contribution in [2.45, 2.75) is 18.4 Å². The molecule has 1 fully saturated rings. The summed E-state index contributed by atoms with van der Waals surface area (Å²) in [6.07, 6.45) is 1.79. The van der Waals surface area contributed by atoms with Crippen LogP contribution >= 0.6 is 0 Å². The number of fused-ring (bicyclic) bond motifs is 1. The van der Waals surface area contributed by atoms with Gasteiger partial charge >= 0.3 is 0 Å². The van der Waals surface area contributed by atoms with Crippen LogP contribution in [0.15, 0.2) is 64.4 Å². The molecule has 8 heteroatoms. The van der Waals surface area contributed by atoms with Crippen LogP contribution in [0.3, 0.4) is 0 Å². The van der Waals surface area contributed by atoms with Crippen molar-refractivity contribution in [3.8, 4) is 0 Å². The van der Waals surface area contributed by atoms with Gasteiger partial charge in [0.25, 0.3) is 5.56 Å². The number of quaternary nitrogens is 1. The minimum Gasteiger partial charge on any atom is -0.328 e. The molecule has 146 valence electrons. The Kier molecular flexibility index (Phi) is 5.01. The average molecular weight is 399 g/mol. The second-order valence-electron chi connectivity index (χ2n) is 7.16. The molecular weight excluding hydrogens is 376 g/mol. The monoisotopic (exact) mass is 399 g/mol. The van der Waals surface area contributed by atoms with Gasteiger partial charge in [0.1, 0.15) is 17.9 Å². The van der Waals surface area contributed by atoms with Gasteiger partial charge in [0, 0.05) is 12.3 Å². The van der Waals surface area contributed by atoms with Gasteiger partial charge in [-0.05, 0) is 30.7 Å². The predicted molar refractivity (Wildman–Crippen MR) is 106 cm³/mol. The van der Waals surface area contributed by atoms with Gasteiger partial charge in [0.05, 0.1) is 31.1 Å². The zero-order valence-corrected chi connectivity index (χ0v) is 16.5. The van der Waals surface area contributed by atoms with E-state index in [0.29, 0.717) is 43.3 Å². The van der Waals surface area contributed by atoms with Gasteiger partial charge in [-0.3, -0.25) is 9.20 Å². The maximum atomic E-state index is 12.7. The number of piperazine rings is 1. The fraction of sp³-hybridized carbons (Fsp3) is 0.300. The molecular formula is C20H23N4O3S+. The average Bonchev–Trinajstić information content (AvgIpc) is 2.70. The van der Waals surface area contributed by atoms with E-state index in [1.165, 1.54) is 9.21 Å². The normalized spacial score (nSPS) is 16.5. The van der Waals surface area contributed by atoms with Crippen LogP contribution in [0.4, 0.5) is 0 Å². The molecule has 0 amide bonds. The molecule has 0 aliphatic carbocycles. The first-order chi connectivity index (χ1) is 13.4. The lowest BCUT2D eigenvalue weighted by Crippen LogP contribution is -3.13. The fourth-order valence-corrected chi connectivity index (χ4v) is 5.03. The zero-order chi connectivity index (χ0) is 19.7. The molecule has 7 nitrogen and oxygen atoms in total. The predicted octanol–water partition coefficient (Wildman–Crippen LogP) is 0.0923. The van der Waals surface area contributed by atoms with Gasteiger partial charge in [-0.25, -0.2) is 13.4 Å². The fourth-order valence-electron chi connectivity index (χ4n) is 3.57. The molecule has 3 heterocycles. The van der Waals surface area contributed by atoms with Crippen LogP contribution < -0.4 is 10.5 Å². The van der Waals surface area contributed by atoms with E-state index in [2.05, 4.69) is 4.98 Å². The van der Waals surface area contributed by atoms with E-state index in [1.54, 1.807) is 40.9 Å². The van der Waals surface area contributed by atoms with Gasteiger partial charge in [-0.15, -0.1) is 0 Å². The van der Waals surface area contributed by atoms with E-state index in [4.69, 9.17) is 0 Å². The number of sulfonamides is 1. The Balaban J connectivity index is 1.46. The topological polar surface area (TPSA) is 76.2 Å².